The summed E-state index contributed by atoms with van der Waals surface area (Å²) in [5, 5.41) is 4.30. The van der Waals surface area contributed by atoms with Crippen molar-refractivity contribution in [2.45, 2.75) is 6.16 Å². The number of benzene rings is 4. The largest absolute Gasteiger partial charge is 0.412 e. The van der Waals surface area contributed by atoms with Gasteiger partial charge < -0.3 is 5.48 Å². The van der Waals surface area contributed by atoms with E-state index in [1.54, 1.807) is 0 Å². The molecule has 1 atom stereocenters. The van der Waals surface area contributed by atoms with Gasteiger partial charge in [-0.05, 0) is 42.0 Å². The van der Waals surface area contributed by atoms with Gasteiger partial charge >= 0.3 is 0 Å². The minimum absolute atomic E-state index is 0. The van der Waals surface area contributed by atoms with Gasteiger partial charge in [-0.15, -0.1) is 0 Å². The SMILES string of the molecule is O.P.c1ccc(C[P+](c2ccccc2)(c2ccccc2)c2ccccc2)cc1. The summed E-state index contributed by atoms with van der Waals surface area (Å²) in [5.74, 6) is 0. The predicted octanol–water partition coefficient (Wildman–Crippen LogP) is 4.41. The lowest BCUT2D eigenvalue weighted by Crippen LogP contribution is -2.32. The average Bonchev–Trinajstić information content (AvgIpc) is 2.75. The highest BCUT2D eigenvalue weighted by atomic mass is 31.2. The van der Waals surface area contributed by atoms with Crippen molar-refractivity contribution in [2.24, 2.45) is 0 Å². The third kappa shape index (κ3) is 4.40. The molecule has 2 N–H and O–H groups in total. The standard InChI is InChI=1S/C25H22P.H2O.H3P/c1-5-13-22(14-6-1)21-26(23-15-7-2-8-16-23,24-17-9-3-10-18-24)25-19-11-4-12-20-25;;/h1-20H,21H2;1H2;1H3/q+1;;. The van der Waals surface area contributed by atoms with Crippen LogP contribution in [0.5, 0.6) is 0 Å². The minimum Gasteiger partial charge on any atom is -0.412 e. The van der Waals surface area contributed by atoms with E-state index in [9.17, 15) is 0 Å². The van der Waals surface area contributed by atoms with Crippen molar-refractivity contribution in [3.63, 3.8) is 0 Å². The Morgan fingerprint density at radius 2 is 0.714 bits per heavy atom. The van der Waals surface area contributed by atoms with Crippen molar-refractivity contribution >= 4 is 33.1 Å². The van der Waals surface area contributed by atoms with Gasteiger partial charge in [-0.1, -0.05) is 84.9 Å². The molecule has 1 unspecified atom stereocenters. The summed E-state index contributed by atoms with van der Waals surface area (Å²) in [6.45, 7) is 0. The van der Waals surface area contributed by atoms with Crippen LogP contribution in [0.2, 0.25) is 0 Å². The summed E-state index contributed by atoms with van der Waals surface area (Å²) in [7, 11) is -1.78. The molecular weight excluding hydrogens is 378 g/mol. The minimum atomic E-state index is -1.78. The highest BCUT2D eigenvalue weighted by Gasteiger charge is 2.45. The van der Waals surface area contributed by atoms with Crippen LogP contribution in [-0.4, -0.2) is 5.48 Å². The Hall–Kier alpha value is -2.30. The summed E-state index contributed by atoms with van der Waals surface area (Å²) in [6, 6.07) is 44.0. The van der Waals surface area contributed by atoms with Gasteiger partial charge in [0.25, 0.3) is 0 Å². The average molecular weight is 405 g/mol. The second kappa shape index (κ2) is 10.3. The predicted molar refractivity (Wildman–Crippen MR) is 130 cm³/mol. The van der Waals surface area contributed by atoms with Gasteiger partial charge in [-0.2, -0.15) is 9.90 Å². The first kappa shape index (κ1) is 22.0. The Morgan fingerprint density at radius 3 is 1.04 bits per heavy atom. The molecule has 142 valence electrons. The maximum absolute atomic E-state index is 2.30. The quantitative estimate of drug-likeness (QED) is 0.441. The van der Waals surface area contributed by atoms with Gasteiger partial charge in [-0.3, -0.25) is 0 Å². The second-order valence-electron chi connectivity index (χ2n) is 6.46. The van der Waals surface area contributed by atoms with Crippen LogP contribution >= 0.6 is 17.2 Å². The molecule has 0 heterocycles. The fraction of sp³-hybridized carbons (Fsp3) is 0.0400. The molecule has 0 saturated carbocycles. The zero-order valence-electron chi connectivity index (χ0n) is 15.9. The lowest BCUT2D eigenvalue weighted by molar-refractivity contribution is 0.824. The first-order valence-corrected chi connectivity index (χ1v) is 11.0. The molecule has 0 amide bonds. The van der Waals surface area contributed by atoms with E-state index >= 15 is 0 Å². The molecule has 4 aromatic rings. The second-order valence-corrected chi connectivity index (χ2v) is 9.95. The molecule has 4 rings (SSSR count). The Balaban J connectivity index is 0.00000140. The van der Waals surface area contributed by atoms with Gasteiger partial charge in [0.1, 0.15) is 23.2 Å². The van der Waals surface area contributed by atoms with Crippen molar-refractivity contribution in [3.05, 3.63) is 127 Å². The highest BCUT2D eigenvalue weighted by molar-refractivity contribution is 7.95. The molecule has 0 bridgehead atoms. The van der Waals surface area contributed by atoms with Crippen LogP contribution in [0.4, 0.5) is 0 Å². The van der Waals surface area contributed by atoms with Crippen LogP contribution in [0, 0.1) is 0 Å². The summed E-state index contributed by atoms with van der Waals surface area (Å²) in [6.07, 6.45) is 1.03. The summed E-state index contributed by atoms with van der Waals surface area (Å²) < 4.78 is 0. The zero-order chi connectivity index (χ0) is 17.7. The van der Waals surface area contributed by atoms with E-state index < -0.39 is 7.26 Å². The monoisotopic (exact) mass is 405 g/mol. The van der Waals surface area contributed by atoms with E-state index in [0.29, 0.717) is 0 Å². The fourth-order valence-electron chi connectivity index (χ4n) is 3.63. The first-order chi connectivity index (χ1) is 12.9. The fourth-order valence-corrected chi connectivity index (χ4v) is 7.87. The topological polar surface area (TPSA) is 31.5 Å². The maximum Gasteiger partial charge on any atom is 0.116 e. The smallest absolute Gasteiger partial charge is 0.116 e. The van der Waals surface area contributed by atoms with Crippen molar-refractivity contribution in [1.29, 1.82) is 0 Å². The molecule has 0 saturated heterocycles. The summed E-state index contributed by atoms with van der Waals surface area (Å²) >= 11 is 0. The molecule has 4 aromatic carbocycles. The molecule has 0 aliphatic heterocycles. The van der Waals surface area contributed by atoms with Crippen LogP contribution in [-0.2, 0) is 6.16 Å². The lowest BCUT2D eigenvalue weighted by atomic mass is 10.2. The molecule has 28 heavy (non-hydrogen) atoms. The molecule has 0 fully saturated rings. The Labute approximate surface area is 171 Å². The van der Waals surface area contributed by atoms with E-state index in [4.69, 9.17) is 0 Å². The van der Waals surface area contributed by atoms with Crippen molar-refractivity contribution in [1.82, 2.24) is 0 Å². The first-order valence-electron chi connectivity index (χ1n) is 8.98. The van der Waals surface area contributed by atoms with Crippen LogP contribution < -0.4 is 15.9 Å². The molecule has 0 radical (unpaired) electrons. The Bertz CT molecular complexity index is 846. The van der Waals surface area contributed by atoms with Crippen molar-refractivity contribution < 1.29 is 5.48 Å². The van der Waals surface area contributed by atoms with Crippen LogP contribution in [0.15, 0.2) is 121 Å². The third-order valence-corrected chi connectivity index (χ3v) is 9.23. The van der Waals surface area contributed by atoms with Gasteiger partial charge in [0.05, 0.1) is 6.16 Å². The molecule has 0 aliphatic rings. The molecule has 1 nitrogen and oxygen atoms in total. The normalized spacial score (nSPS) is 10.4. The number of rotatable bonds is 5. The van der Waals surface area contributed by atoms with Gasteiger partial charge in [0, 0.05) is 0 Å². The Kier molecular flexibility index (Phi) is 8.09. The van der Waals surface area contributed by atoms with Gasteiger partial charge in [-0.25, -0.2) is 0 Å². The van der Waals surface area contributed by atoms with E-state index in [0.717, 1.165) is 6.16 Å². The van der Waals surface area contributed by atoms with Gasteiger partial charge in [0.15, 0.2) is 0 Å². The van der Waals surface area contributed by atoms with E-state index in [1.807, 2.05) is 0 Å². The summed E-state index contributed by atoms with van der Waals surface area (Å²) in [4.78, 5) is 0. The molecular formula is C25H27OP2+. The molecule has 0 aliphatic carbocycles. The number of hydrogen-bond acceptors (Lipinski definition) is 0. The molecule has 0 spiro atoms. The Morgan fingerprint density at radius 1 is 0.429 bits per heavy atom. The number of hydrogen-bond donors (Lipinski definition) is 0. The van der Waals surface area contributed by atoms with E-state index in [2.05, 4.69) is 121 Å². The molecule has 3 heteroatoms. The maximum atomic E-state index is 2.30. The van der Waals surface area contributed by atoms with Crippen LogP contribution in [0.1, 0.15) is 5.56 Å². The molecule has 0 aromatic heterocycles. The zero-order valence-corrected chi connectivity index (χ0v) is 18.2. The van der Waals surface area contributed by atoms with Crippen molar-refractivity contribution in [2.75, 3.05) is 0 Å². The summed E-state index contributed by atoms with van der Waals surface area (Å²) in [5.41, 5.74) is 1.39. The highest BCUT2D eigenvalue weighted by Crippen LogP contribution is 2.58. The van der Waals surface area contributed by atoms with Crippen LogP contribution in [0.25, 0.3) is 0 Å². The van der Waals surface area contributed by atoms with Crippen LogP contribution in [0.3, 0.4) is 0 Å². The van der Waals surface area contributed by atoms with Gasteiger partial charge in [0.2, 0.25) is 0 Å². The third-order valence-electron chi connectivity index (χ3n) is 4.85. The van der Waals surface area contributed by atoms with E-state index in [1.165, 1.54) is 21.5 Å². The van der Waals surface area contributed by atoms with Crippen molar-refractivity contribution in [3.8, 4) is 0 Å². The lowest BCUT2D eigenvalue weighted by Gasteiger charge is -2.27. The van der Waals surface area contributed by atoms with E-state index in [-0.39, 0.29) is 15.4 Å².